The summed E-state index contributed by atoms with van der Waals surface area (Å²) in [6.45, 7) is 0. The number of nitro groups is 1. The first-order valence-electron chi connectivity index (χ1n) is 7.97. The van der Waals surface area contributed by atoms with Crippen LogP contribution >= 0.6 is 12.4 Å². The summed E-state index contributed by atoms with van der Waals surface area (Å²) in [6.07, 6.45) is 8.40. The van der Waals surface area contributed by atoms with Crippen molar-refractivity contribution in [3.05, 3.63) is 52.9 Å². The Hall–Kier alpha value is -2.78. The average Bonchev–Trinajstić information content (AvgIpc) is 3.36. The van der Waals surface area contributed by atoms with Crippen molar-refractivity contribution < 1.29 is 9.45 Å². The van der Waals surface area contributed by atoms with E-state index in [0.717, 1.165) is 25.7 Å². The largest absolute Gasteiger partial charge is 0.334 e. The summed E-state index contributed by atoms with van der Waals surface area (Å²) < 4.78 is 6.89. The van der Waals surface area contributed by atoms with Crippen LogP contribution in [-0.4, -0.2) is 24.6 Å². The second-order valence-corrected chi connectivity index (χ2v) is 6.22. The molecule has 9 nitrogen and oxygen atoms in total. The molecule has 1 saturated carbocycles. The maximum Gasteiger partial charge on any atom is 0.294 e. The Morgan fingerprint density at radius 3 is 2.73 bits per heavy atom. The van der Waals surface area contributed by atoms with Crippen LogP contribution < -0.4 is 5.73 Å². The van der Waals surface area contributed by atoms with Crippen LogP contribution in [0.1, 0.15) is 31.5 Å². The van der Waals surface area contributed by atoms with Crippen LogP contribution in [0.5, 0.6) is 0 Å². The molecule has 0 aliphatic heterocycles. The van der Waals surface area contributed by atoms with E-state index in [1.54, 1.807) is 29.1 Å². The fourth-order valence-electron chi connectivity index (χ4n) is 3.20. The molecule has 10 heteroatoms. The number of imidazole rings is 1. The van der Waals surface area contributed by atoms with Crippen LogP contribution in [0.2, 0.25) is 0 Å². The normalized spacial score (nSPS) is 15.6. The molecule has 1 aliphatic carbocycles. The maximum atomic E-state index is 11.5. The lowest BCUT2D eigenvalue weighted by atomic mass is 9.99. The van der Waals surface area contributed by atoms with Crippen LogP contribution in [-0.2, 0) is 5.54 Å². The van der Waals surface area contributed by atoms with Crippen molar-refractivity contribution in [2.45, 2.75) is 31.2 Å². The lowest BCUT2D eigenvalue weighted by Gasteiger charge is -2.17. The lowest BCUT2D eigenvalue weighted by Crippen LogP contribution is -2.34. The van der Waals surface area contributed by atoms with E-state index in [2.05, 4.69) is 15.1 Å². The van der Waals surface area contributed by atoms with Crippen molar-refractivity contribution in [2.24, 2.45) is 5.73 Å². The van der Waals surface area contributed by atoms with Gasteiger partial charge in [-0.2, -0.15) is 4.98 Å². The fourth-order valence-corrected chi connectivity index (χ4v) is 3.20. The molecule has 0 atom stereocenters. The van der Waals surface area contributed by atoms with Crippen molar-refractivity contribution in [1.82, 2.24) is 19.7 Å². The number of benzene rings is 1. The highest BCUT2D eigenvalue weighted by molar-refractivity contribution is 5.85. The number of halogens is 1. The van der Waals surface area contributed by atoms with Gasteiger partial charge < -0.3 is 14.8 Å². The number of nitrogens with zero attached hydrogens (tertiary/aromatic N) is 5. The molecular weight excluding hydrogens is 360 g/mol. The summed E-state index contributed by atoms with van der Waals surface area (Å²) in [5, 5.41) is 15.4. The Balaban J connectivity index is 0.00000196. The fraction of sp³-hybridized carbons (Fsp3) is 0.312. The predicted molar refractivity (Wildman–Crippen MR) is 95.1 cm³/mol. The van der Waals surface area contributed by atoms with Crippen molar-refractivity contribution in [3.63, 3.8) is 0 Å². The van der Waals surface area contributed by atoms with Crippen LogP contribution in [0.25, 0.3) is 17.1 Å². The summed E-state index contributed by atoms with van der Waals surface area (Å²) in [4.78, 5) is 19.3. The van der Waals surface area contributed by atoms with E-state index in [0.29, 0.717) is 17.1 Å². The molecule has 0 unspecified atom stereocenters. The SMILES string of the molecule is Cl.NC1(c2noc(-c3ccc(-n4ccnc4)c([N+](=O)[O-])c3)n2)CCCC1. The zero-order chi connectivity index (χ0) is 17.4. The van der Waals surface area contributed by atoms with Gasteiger partial charge in [-0.05, 0) is 25.0 Å². The van der Waals surface area contributed by atoms with E-state index in [4.69, 9.17) is 10.3 Å². The Bertz CT molecular complexity index is 918. The number of hydrogen-bond donors (Lipinski definition) is 1. The minimum absolute atomic E-state index is 0. The van der Waals surface area contributed by atoms with Crippen molar-refractivity contribution >= 4 is 18.1 Å². The number of nitro benzene ring substituents is 1. The first kappa shape index (κ1) is 18.0. The Morgan fingerprint density at radius 1 is 1.31 bits per heavy atom. The highest BCUT2D eigenvalue weighted by Crippen LogP contribution is 2.36. The Kier molecular flexibility index (Phi) is 4.75. The van der Waals surface area contributed by atoms with Gasteiger partial charge in [-0.25, -0.2) is 4.98 Å². The highest BCUT2D eigenvalue weighted by Gasteiger charge is 2.36. The second-order valence-electron chi connectivity index (χ2n) is 6.22. The van der Waals surface area contributed by atoms with E-state index < -0.39 is 10.5 Å². The van der Waals surface area contributed by atoms with E-state index in [-0.39, 0.29) is 24.0 Å². The lowest BCUT2D eigenvalue weighted by molar-refractivity contribution is -0.384. The molecular formula is C16H17ClN6O3. The Labute approximate surface area is 154 Å². The molecule has 0 radical (unpaired) electrons. The third kappa shape index (κ3) is 3.06. The summed E-state index contributed by atoms with van der Waals surface area (Å²) in [7, 11) is 0. The highest BCUT2D eigenvalue weighted by atomic mass is 35.5. The minimum Gasteiger partial charge on any atom is -0.334 e. The van der Waals surface area contributed by atoms with Crippen molar-refractivity contribution in [2.75, 3.05) is 0 Å². The van der Waals surface area contributed by atoms with Crippen molar-refractivity contribution in [3.8, 4) is 17.1 Å². The molecule has 26 heavy (non-hydrogen) atoms. The number of rotatable bonds is 4. The molecule has 1 fully saturated rings. The topological polar surface area (TPSA) is 126 Å². The molecule has 3 aromatic rings. The molecule has 0 amide bonds. The quantitative estimate of drug-likeness (QED) is 0.547. The monoisotopic (exact) mass is 376 g/mol. The molecule has 136 valence electrons. The van der Waals surface area contributed by atoms with Gasteiger partial charge in [0.2, 0.25) is 0 Å². The summed E-state index contributed by atoms with van der Waals surface area (Å²) in [5.74, 6) is 0.688. The van der Waals surface area contributed by atoms with Gasteiger partial charge in [0.25, 0.3) is 11.6 Å². The third-order valence-electron chi connectivity index (χ3n) is 4.57. The van der Waals surface area contributed by atoms with E-state index >= 15 is 0 Å². The van der Waals surface area contributed by atoms with Crippen LogP contribution in [0, 0.1) is 10.1 Å². The van der Waals surface area contributed by atoms with Gasteiger partial charge in [-0.15, -0.1) is 12.4 Å². The molecule has 2 aromatic heterocycles. The molecule has 0 bridgehead atoms. The maximum absolute atomic E-state index is 11.5. The average molecular weight is 377 g/mol. The zero-order valence-electron chi connectivity index (χ0n) is 13.7. The molecule has 0 spiro atoms. The first-order valence-corrected chi connectivity index (χ1v) is 7.97. The molecule has 0 saturated heterocycles. The molecule has 1 aromatic carbocycles. The van der Waals surface area contributed by atoms with Gasteiger partial charge in [-0.3, -0.25) is 10.1 Å². The minimum atomic E-state index is -0.565. The first-order chi connectivity index (χ1) is 12.1. The summed E-state index contributed by atoms with van der Waals surface area (Å²) in [5.41, 5.74) is 6.60. The van der Waals surface area contributed by atoms with Gasteiger partial charge in [0.15, 0.2) is 5.82 Å². The van der Waals surface area contributed by atoms with E-state index in [1.165, 1.54) is 12.4 Å². The van der Waals surface area contributed by atoms with Gasteiger partial charge in [0, 0.05) is 24.0 Å². The number of nitrogens with two attached hydrogens (primary N) is 1. The van der Waals surface area contributed by atoms with Gasteiger partial charge >= 0.3 is 0 Å². The molecule has 2 N–H and O–H groups in total. The van der Waals surface area contributed by atoms with Crippen LogP contribution in [0.4, 0.5) is 5.69 Å². The zero-order valence-corrected chi connectivity index (χ0v) is 14.6. The summed E-state index contributed by atoms with van der Waals surface area (Å²) in [6, 6.07) is 4.76. The number of hydrogen-bond acceptors (Lipinski definition) is 7. The molecule has 2 heterocycles. The van der Waals surface area contributed by atoms with Crippen molar-refractivity contribution in [1.29, 1.82) is 0 Å². The standard InChI is InChI=1S/C16H16N6O3.ClH/c17-16(5-1-2-6-16)15-19-14(25-20-15)11-3-4-12(13(9-11)22(23)24)21-8-7-18-10-21;/h3-4,7-10H,1-2,5-6,17H2;1H. The smallest absolute Gasteiger partial charge is 0.294 e. The molecule has 4 rings (SSSR count). The molecule has 1 aliphatic rings. The van der Waals surface area contributed by atoms with Crippen LogP contribution in [0.3, 0.4) is 0 Å². The summed E-state index contributed by atoms with van der Waals surface area (Å²) >= 11 is 0. The third-order valence-corrected chi connectivity index (χ3v) is 4.57. The van der Waals surface area contributed by atoms with Gasteiger partial charge in [0.05, 0.1) is 16.8 Å². The Morgan fingerprint density at radius 2 is 2.08 bits per heavy atom. The van der Waals surface area contributed by atoms with E-state index in [9.17, 15) is 10.1 Å². The van der Waals surface area contributed by atoms with Gasteiger partial charge in [0.1, 0.15) is 5.69 Å². The predicted octanol–water partition coefficient (Wildman–Crippen LogP) is 2.98. The second kappa shape index (κ2) is 6.85. The number of aromatic nitrogens is 4. The van der Waals surface area contributed by atoms with Gasteiger partial charge in [-0.1, -0.05) is 18.0 Å². The van der Waals surface area contributed by atoms with Crippen LogP contribution in [0.15, 0.2) is 41.4 Å². The van der Waals surface area contributed by atoms with E-state index in [1.807, 2.05) is 0 Å².